The van der Waals surface area contributed by atoms with Crippen LogP contribution in [0.3, 0.4) is 0 Å². The SMILES string of the molecule is Cc1ncsc1-c1ccc([C@H](C)NC(=O)[C@@H]2C[C@@H](O)CN2C(=O)[C@H](c2cc(OC3CCCCN3C(=O)O)no2)C(C)C)cc1. The number of hydrogen-bond acceptors (Lipinski definition) is 9. The predicted octanol–water partition coefficient (Wildman–Crippen LogP) is 4.55. The number of benzene rings is 1. The number of amides is 3. The summed E-state index contributed by atoms with van der Waals surface area (Å²) in [6, 6.07) is 8.27. The number of likely N-dealkylation sites (tertiary alicyclic amines) is 2. The molecule has 1 unspecified atom stereocenters. The first-order valence-electron chi connectivity index (χ1n) is 15.0. The first-order valence-corrected chi connectivity index (χ1v) is 15.8. The third-order valence-electron chi connectivity index (χ3n) is 8.34. The lowest BCUT2D eigenvalue weighted by atomic mass is 9.91. The molecule has 12 nitrogen and oxygen atoms in total. The molecule has 2 fully saturated rings. The molecule has 2 aromatic heterocycles. The molecule has 0 spiro atoms. The van der Waals surface area contributed by atoms with Crippen LogP contribution in [0.25, 0.3) is 10.4 Å². The van der Waals surface area contributed by atoms with Crippen LogP contribution in [0.4, 0.5) is 4.79 Å². The molecule has 3 amide bonds. The van der Waals surface area contributed by atoms with Crippen molar-refractivity contribution in [1.82, 2.24) is 25.3 Å². The number of β-amino-alcohol motifs (C(OH)–C–C–N with tert-alkyl or cyclic N) is 1. The molecule has 0 aliphatic carbocycles. The minimum absolute atomic E-state index is 0.0184. The number of thiazole rings is 1. The molecule has 236 valence electrons. The van der Waals surface area contributed by atoms with E-state index in [-0.39, 0.29) is 48.4 Å². The van der Waals surface area contributed by atoms with Crippen molar-refractivity contribution in [2.24, 2.45) is 5.92 Å². The first-order chi connectivity index (χ1) is 21.0. The number of nitrogens with zero attached hydrogens (tertiary/aromatic N) is 4. The monoisotopic (exact) mass is 625 g/mol. The summed E-state index contributed by atoms with van der Waals surface area (Å²) < 4.78 is 11.4. The fourth-order valence-electron chi connectivity index (χ4n) is 5.97. The number of aliphatic hydroxyl groups is 1. The van der Waals surface area contributed by atoms with E-state index in [1.165, 1.54) is 15.9 Å². The zero-order chi connectivity index (χ0) is 31.5. The second kappa shape index (κ2) is 13.3. The minimum Gasteiger partial charge on any atom is -0.465 e. The average molecular weight is 626 g/mol. The van der Waals surface area contributed by atoms with Crippen molar-refractivity contribution in [1.29, 1.82) is 0 Å². The number of carbonyl (C=O) groups is 3. The van der Waals surface area contributed by atoms with E-state index in [9.17, 15) is 24.6 Å². The number of ether oxygens (including phenoxy) is 1. The summed E-state index contributed by atoms with van der Waals surface area (Å²) in [6.07, 6.45) is -0.374. The van der Waals surface area contributed by atoms with Gasteiger partial charge in [-0.25, -0.2) is 9.78 Å². The molecule has 1 aromatic carbocycles. The van der Waals surface area contributed by atoms with Crippen molar-refractivity contribution < 1.29 is 33.9 Å². The van der Waals surface area contributed by atoms with Gasteiger partial charge in [0.2, 0.25) is 11.8 Å². The largest absolute Gasteiger partial charge is 0.465 e. The van der Waals surface area contributed by atoms with Crippen molar-refractivity contribution in [2.45, 2.75) is 83.7 Å². The molecule has 44 heavy (non-hydrogen) atoms. The summed E-state index contributed by atoms with van der Waals surface area (Å²) in [4.78, 5) is 47.1. The number of rotatable bonds is 9. The molecule has 2 aliphatic rings. The second-order valence-electron chi connectivity index (χ2n) is 11.8. The van der Waals surface area contributed by atoms with Crippen molar-refractivity contribution >= 4 is 29.2 Å². The Kier molecular flexibility index (Phi) is 9.54. The highest BCUT2D eigenvalue weighted by atomic mass is 32.1. The van der Waals surface area contributed by atoms with Gasteiger partial charge >= 0.3 is 6.09 Å². The Labute approximate surface area is 260 Å². The normalized spacial score (nSPS) is 21.7. The van der Waals surface area contributed by atoms with E-state index in [2.05, 4.69) is 15.5 Å². The summed E-state index contributed by atoms with van der Waals surface area (Å²) in [5.74, 6) is -1.38. The molecule has 0 bridgehead atoms. The number of piperidine rings is 1. The maximum atomic E-state index is 13.9. The highest BCUT2D eigenvalue weighted by Crippen LogP contribution is 2.34. The van der Waals surface area contributed by atoms with Gasteiger partial charge in [-0.1, -0.05) is 38.1 Å². The average Bonchev–Trinajstić information content (AvgIpc) is 3.73. The lowest BCUT2D eigenvalue weighted by Gasteiger charge is -2.32. The molecule has 2 saturated heterocycles. The summed E-state index contributed by atoms with van der Waals surface area (Å²) in [6.45, 7) is 7.96. The standard InChI is InChI=1S/C31H39N5O7S/c1-17(2)27(24-14-25(34-43-24)42-26-7-5-6-12-35(26)31(40)41)30(39)36-15-22(37)13-23(36)29(38)33-18(3)20-8-10-21(11-9-20)28-19(4)32-16-44-28/h8-11,14,16-18,22-23,26-27,37H,5-7,12-13,15H2,1-4H3,(H,33,38)(H,40,41)/t18-,22+,23-,26?,27-/m0/s1. The molecular weight excluding hydrogens is 586 g/mol. The van der Waals surface area contributed by atoms with Gasteiger partial charge in [-0.15, -0.1) is 11.3 Å². The van der Waals surface area contributed by atoms with E-state index in [1.807, 2.05) is 57.5 Å². The Morgan fingerprint density at radius 3 is 2.55 bits per heavy atom. The van der Waals surface area contributed by atoms with Gasteiger partial charge in [0.15, 0.2) is 12.0 Å². The van der Waals surface area contributed by atoms with Crippen LogP contribution in [0.1, 0.15) is 75.4 Å². The Balaban J connectivity index is 1.27. The summed E-state index contributed by atoms with van der Waals surface area (Å²) in [5.41, 5.74) is 4.75. The van der Waals surface area contributed by atoms with Gasteiger partial charge in [-0.2, -0.15) is 0 Å². The van der Waals surface area contributed by atoms with E-state index in [0.717, 1.165) is 34.5 Å². The van der Waals surface area contributed by atoms with Crippen LogP contribution in [-0.2, 0) is 9.59 Å². The number of hydrogen-bond donors (Lipinski definition) is 3. The Morgan fingerprint density at radius 1 is 1.14 bits per heavy atom. The van der Waals surface area contributed by atoms with Gasteiger partial charge in [0, 0.05) is 32.0 Å². The molecule has 4 heterocycles. The fraction of sp³-hybridized carbons (Fsp3) is 0.516. The maximum absolute atomic E-state index is 13.9. The maximum Gasteiger partial charge on any atom is 0.410 e. The summed E-state index contributed by atoms with van der Waals surface area (Å²) in [7, 11) is 0. The van der Waals surface area contributed by atoms with Crippen molar-refractivity contribution in [3.8, 4) is 16.3 Å². The zero-order valence-electron chi connectivity index (χ0n) is 25.3. The first kappa shape index (κ1) is 31.5. The quantitative estimate of drug-likeness (QED) is 0.310. The van der Waals surface area contributed by atoms with E-state index >= 15 is 0 Å². The highest BCUT2D eigenvalue weighted by molar-refractivity contribution is 7.13. The summed E-state index contributed by atoms with van der Waals surface area (Å²) in [5, 5.41) is 27.0. The molecule has 0 radical (unpaired) electrons. The van der Waals surface area contributed by atoms with Crippen LogP contribution in [-0.4, -0.2) is 79.5 Å². The van der Waals surface area contributed by atoms with Gasteiger partial charge in [-0.3, -0.25) is 14.5 Å². The van der Waals surface area contributed by atoms with E-state index in [0.29, 0.717) is 13.0 Å². The lowest BCUT2D eigenvalue weighted by Crippen LogP contribution is -2.48. The number of aromatic nitrogens is 2. The number of aryl methyl sites for hydroxylation is 1. The third-order valence-corrected chi connectivity index (χ3v) is 9.32. The predicted molar refractivity (Wildman–Crippen MR) is 162 cm³/mol. The molecule has 13 heteroatoms. The number of carbonyl (C=O) groups excluding carboxylic acids is 2. The van der Waals surface area contributed by atoms with Crippen molar-refractivity contribution in [3.05, 3.63) is 52.9 Å². The molecule has 5 atom stereocenters. The van der Waals surface area contributed by atoms with Gasteiger partial charge in [0.05, 0.1) is 28.2 Å². The van der Waals surface area contributed by atoms with E-state index < -0.39 is 30.4 Å². The Bertz CT molecular complexity index is 1470. The van der Waals surface area contributed by atoms with Gasteiger partial charge in [0.1, 0.15) is 12.0 Å². The van der Waals surface area contributed by atoms with Crippen molar-refractivity contribution in [3.63, 3.8) is 0 Å². The molecule has 5 rings (SSSR count). The number of nitrogens with one attached hydrogen (secondary N) is 1. The van der Waals surface area contributed by atoms with Crippen LogP contribution in [0, 0.1) is 12.8 Å². The third kappa shape index (κ3) is 6.73. The topological polar surface area (TPSA) is 158 Å². The molecule has 0 saturated carbocycles. The smallest absolute Gasteiger partial charge is 0.410 e. The zero-order valence-corrected chi connectivity index (χ0v) is 26.1. The van der Waals surface area contributed by atoms with E-state index in [4.69, 9.17) is 9.26 Å². The van der Waals surface area contributed by atoms with Gasteiger partial charge in [0.25, 0.3) is 5.88 Å². The molecule has 2 aliphatic heterocycles. The van der Waals surface area contributed by atoms with Crippen LogP contribution < -0.4 is 10.1 Å². The van der Waals surface area contributed by atoms with E-state index in [1.54, 1.807) is 11.3 Å². The van der Waals surface area contributed by atoms with Crippen LogP contribution >= 0.6 is 11.3 Å². The minimum atomic E-state index is -1.07. The van der Waals surface area contributed by atoms with Gasteiger partial charge in [-0.05, 0) is 48.9 Å². The Hall–Kier alpha value is -3.97. The number of aliphatic hydroxyl groups excluding tert-OH is 1. The molecule has 3 N–H and O–H groups in total. The van der Waals surface area contributed by atoms with Crippen LogP contribution in [0.5, 0.6) is 5.88 Å². The highest BCUT2D eigenvalue weighted by Gasteiger charge is 2.43. The summed E-state index contributed by atoms with van der Waals surface area (Å²) >= 11 is 1.58. The fourth-order valence-corrected chi connectivity index (χ4v) is 6.78. The second-order valence-corrected chi connectivity index (χ2v) is 12.7. The Morgan fingerprint density at radius 2 is 1.89 bits per heavy atom. The lowest BCUT2D eigenvalue weighted by molar-refractivity contribution is -0.141. The van der Waals surface area contributed by atoms with Crippen LogP contribution in [0.15, 0.2) is 40.4 Å². The molecule has 3 aromatic rings. The van der Waals surface area contributed by atoms with Crippen LogP contribution in [0.2, 0.25) is 0 Å². The number of carboxylic acid groups (broad SMARTS) is 1. The van der Waals surface area contributed by atoms with Gasteiger partial charge < -0.3 is 29.7 Å². The molecular formula is C31H39N5O7S. The van der Waals surface area contributed by atoms with Crippen molar-refractivity contribution in [2.75, 3.05) is 13.1 Å².